The first-order valence-corrected chi connectivity index (χ1v) is 10.4. The smallest absolute Gasteiger partial charge is 0.0621 e. The molecule has 0 aromatic carbocycles. The maximum Gasteiger partial charge on any atom is 0.0621 e. The van der Waals surface area contributed by atoms with Gasteiger partial charge in [-0.3, -0.25) is 0 Å². The van der Waals surface area contributed by atoms with Gasteiger partial charge in [0.05, 0.1) is 6.07 Å². The molecule has 1 aliphatic heterocycles. The minimum atomic E-state index is 0.694. The van der Waals surface area contributed by atoms with Crippen LogP contribution in [0, 0.1) is 17.2 Å². The van der Waals surface area contributed by atoms with E-state index >= 15 is 0 Å². The predicted octanol–water partition coefficient (Wildman–Crippen LogP) is 7.18. The first-order chi connectivity index (χ1) is 12.0. The van der Waals surface area contributed by atoms with Gasteiger partial charge in [-0.15, -0.1) is 6.58 Å². The number of hydrogen-bond donors (Lipinski definition) is 1. The summed E-state index contributed by atoms with van der Waals surface area (Å²) >= 11 is 0. The van der Waals surface area contributed by atoms with Crippen LogP contribution >= 0.6 is 0 Å². The van der Waals surface area contributed by atoms with E-state index in [1.54, 1.807) is 0 Å². The summed E-state index contributed by atoms with van der Waals surface area (Å²) in [5.41, 5.74) is 1.17. The fourth-order valence-corrected chi connectivity index (χ4v) is 2.24. The van der Waals surface area contributed by atoms with Gasteiger partial charge in [0.15, 0.2) is 0 Å². The van der Waals surface area contributed by atoms with E-state index in [1.807, 2.05) is 13.8 Å². The second-order valence-corrected chi connectivity index (χ2v) is 7.36. The molecule has 0 aromatic rings. The average Bonchev–Trinajstić information content (AvgIpc) is 3.40. The van der Waals surface area contributed by atoms with Gasteiger partial charge in [-0.05, 0) is 51.9 Å². The monoisotopic (exact) mass is 348 g/mol. The van der Waals surface area contributed by atoms with Crippen LogP contribution in [-0.4, -0.2) is 12.6 Å². The highest BCUT2D eigenvalue weighted by molar-refractivity contribution is 4.87. The van der Waals surface area contributed by atoms with E-state index in [0.717, 1.165) is 24.8 Å². The molecule has 0 spiro atoms. The SMILES string of the molecule is C=C(C)C.CCCCC(C)C1CN1.CCCCC/C=C\CCCC#N. The summed E-state index contributed by atoms with van der Waals surface area (Å²) in [6.45, 7) is 15.6. The van der Waals surface area contributed by atoms with E-state index in [4.69, 9.17) is 5.26 Å². The molecule has 0 bridgehead atoms. The fourth-order valence-electron chi connectivity index (χ4n) is 2.24. The zero-order chi connectivity index (χ0) is 19.3. The largest absolute Gasteiger partial charge is 0.311 e. The lowest BCUT2D eigenvalue weighted by molar-refractivity contribution is 0.496. The molecule has 1 heterocycles. The maximum absolute atomic E-state index is 8.26. The third-order valence-corrected chi connectivity index (χ3v) is 3.94. The predicted molar refractivity (Wildman–Crippen MR) is 114 cm³/mol. The molecule has 146 valence electrons. The first-order valence-electron chi connectivity index (χ1n) is 10.4. The lowest BCUT2D eigenvalue weighted by atomic mass is 10.0. The second-order valence-electron chi connectivity index (χ2n) is 7.36. The minimum absolute atomic E-state index is 0.694. The number of allylic oxidation sites excluding steroid dienone is 3. The van der Waals surface area contributed by atoms with Crippen LogP contribution in [0.2, 0.25) is 0 Å². The van der Waals surface area contributed by atoms with Gasteiger partial charge >= 0.3 is 0 Å². The molecular weight excluding hydrogens is 304 g/mol. The number of nitrogens with zero attached hydrogens (tertiary/aromatic N) is 1. The van der Waals surface area contributed by atoms with Gasteiger partial charge in [0.25, 0.3) is 0 Å². The van der Waals surface area contributed by atoms with Crippen molar-refractivity contribution in [2.24, 2.45) is 5.92 Å². The third-order valence-electron chi connectivity index (χ3n) is 3.94. The molecule has 1 rings (SSSR count). The van der Waals surface area contributed by atoms with Crippen LogP contribution in [-0.2, 0) is 0 Å². The van der Waals surface area contributed by atoms with Crippen LogP contribution in [0.5, 0.6) is 0 Å². The molecule has 2 nitrogen and oxygen atoms in total. The summed E-state index contributed by atoms with van der Waals surface area (Å²) in [5, 5.41) is 11.6. The summed E-state index contributed by atoms with van der Waals surface area (Å²) in [6, 6.07) is 3.02. The van der Waals surface area contributed by atoms with Gasteiger partial charge in [-0.1, -0.05) is 64.2 Å². The highest BCUT2D eigenvalue weighted by Crippen LogP contribution is 2.17. The van der Waals surface area contributed by atoms with Crippen LogP contribution in [0.15, 0.2) is 24.3 Å². The number of nitriles is 1. The average molecular weight is 349 g/mol. The van der Waals surface area contributed by atoms with E-state index in [1.165, 1.54) is 57.1 Å². The standard InChI is InChI=1S/C11H19N.C8H17N.C4H8/c1-2-3-4-5-6-7-8-9-10-11-12;1-3-4-5-7(2)8-6-9-8;1-4(2)3/h6-7H,2-5,8-10H2,1H3;7-9H,3-6H2,1-2H3;1H2,2-3H3/b7-6-;;. The zero-order valence-electron chi connectivity index (χ0n) is 17.7. The maximum atomic E-state index is 8.26. The quantitative estimate of drug-likeness (QED) is 0.244. The topological polar surface area (TPSA) is 45.7 Å². The van der Waals surface area contributed by atoms with Crippen molar-refractivity contribution in [3.05, 3.63) is 24.3 Å². The van der Waals surface area contributed by atoms with Crippen LogP contribution < -0.4 is 5.32 Å². The molecule has 0 amide bonds. The first kappa shape index (κ1) is 26.2. The third kappa shape index (κ3) is 28.0. The lowest BCUT2D eigenvalue weighted by Crippen LogP contribution is -2.05. The molecule has 1 saturated heterocycles. The molecule has 2 heteroatoms. The van der Waals surface area contributed by atoms with Crippen LogP contribution in [0.25, 0.3) is 0 Å². The Morgan fingerprint density at radius 3 is 2.08 bits per heavy atom. The summed E-state index contributed by atoms with van der Waals surface area (Å²) in [6.07, 6.45) is 16.5. The Balaban J connectivity index is 0. The normalized spacial score (nSPS) is 16.1. The molecular formula is C23H44N2. The van der Waals surface area contributed by atoms with E-state index in [0.29, 0.717) is 6.42 Å². The molecule has 2 unspecified atom stereocenters. The van der Waals surface area contributed by atoms with Gasteiger partial charge in [0.2, 0.25) is 0 Å². The number of rotatable bonds is 11. The van der Waals surface area contributed by atoms with Crippen molar-refractivity contribution in [3.63, 3.8) is 0 Å². The molecule has 0 aliphatic carbocycles. The summed E-state index contributed by atoms with van der Waals surface area (Å²) < 4.78 is 0. The van der Waals surface area contributed by atoms with Gasteiger partial charge < -0.3 is 5.32 Å². The van der Waals surface area contributed by atoms with E-state index in [-0.39, 0.29) is 0 Å². The molecule has 1 N–H and O–H groups in total. The minimum Gasteiger partial charge on any atom is -0.311 e. The highest BCUT2D eigenvalue weighted by Gasteiger charge is 2.25. The molecule has 0 radical (unpaired) electrons. The van der Waals surface area contributed by atoms with E-state index < -0.39 is 0 Å². The Bertz CT molecular complexity index is 344. The van der Waals surface area contributed by atoms with Gasteiger partial charge in [-0.25, -0.2) is 0 Å². The van der Waals surface area contributed by atoms with Crippen molar-refractivity contribution in [2.45, 2.75) is 105 Å². The van der Waals surface area contributed by atoms with Crippen molar-refractivity contribution in [1.82, 2.24) is 5.32 Å². The number of hydrogen-bond acceptors (Lipinski definition) is 2. The van der Waals surface area contributed by atoms with E-state index in [2.05, 4.69) is 50.9 Å². The summed E-state index contributed by atoms with van der Waals surface area (Å²) in [5.74, 6) is 0.921. The van der Waals surface area contributed by atoms with Gasteiger partial charge in [0.1, 0.15) is 0 Å². The Labute approximate surface area is 158 Å². The number of unbranched alkanes of at least 4 members (excludes halogenated alkanes) is 6. The zero-order valence-corrected chi connectivity index (χ0v) is 17.7. The molecule has 0 saturated carbocycles. The van der Waals surface area contributed by atoms with Crippen molar-refractivity contribution in [3.8, 4) is 6.07 Å². The molecule has 2 atom stereocenters. The van der Waals surface area contributed by atoms with Crippen LogP contribution in [0.3, 0.4) is 0 Å². The van der Waals surface area contributed by atoms with Crippen LogP contribution in [0.1, 0.15) is 98.8 Å². The molecule has 25 heavy (non-hydrogen) atoms. The summed E-state index contributed by atoms with van der Waals surface area (Å²) in [7, 11) is 0. The van der Waals surface area contributed by atoms with Crippen molar-refractivity contribution < 1.29 is 0 Å². The van der Waals surface area contributed by atoms with Crippen molar-refractivity contribution in [1.29, 1.82) is 5.26 Å². The van der Waals surface area contributed by atoms with Crippen molar-refractivity contribution in [2.75, 3.05) is 6.54 Å². The van der Waals surface area contributed by atoms with Gasteiger partial charge in [0, 0.05) is 19.0 Å². The Morgan fingerprint density at radius 2 is 1.64 bits per heavy atom. The number of nitrogens with one attached hydrogen (secondary N) is 1. The van der Waals surface area contributed by atoms with Crippen molar-refractivity contribution >= 4 is 0 Å². The Kier molecular flexibility index (Phi) is 21.9. The molecule has 1 aliphatic rings. The Hall–Kier alpha value is -1.07. The summed E-state index contributed by atoms with van der Waals surface area (Å²) in [4.78, 5) is 0. The highest BCUT2D eigenvalue weighted by atomic mass is 15.1. The van der Waals surface area contributed by atoms with E-state index in [9.17, 15) is 0 Å². The Morgan fingerprint density at radius 1 is 1.12 bits per heavy atom. The lowest BCUT2D eigenvalue weighted by Gasteiger charge is -2.05. The van der Waals surface area contributed by atoms with Gasteiger partial charge in [-0.2, -0.15) is 5.26 Å². The molecule has 1 fully saturated rings. The second kappa shape index (κ2) is 21.0. The molecule has 0 aromatic heterocycles. The van der Waals surface area contributed by atoms with Crippen LogP contribution in [0.4, 0.5) is 0 Å². The fraction of sp³-hybridized carbons (Fsp3) is 0.783.